The second kappa shape index (κ2) is 8.88. The minimum atomic E-state index is -0.283. The SMILES string of the molecule is CN(C)COC(=O)c1ccccc1.CNC. The lowest BCUT2D eigenvalue weighted by molar-refractivity contribution is 0.0319. The molecule has 1 aromatic carbocycles. The van der Waals surface area contributed by atoms with Crippen LogP contribution in [0.5, 0.6) is 0 Å². The zero-order valence-electron chi connectivity index (χ0n) is 10.4. The quantitative estimate of drug-likeness (QED) is 0.619. The van der Waals surface area contributed by atoms with Gasteiger partial charge < -0.3 is 10.1 Å². The van der Waals surface area contributed by atoms with Crippen molar-refractivity contribution in [3.8, 4) is 0 Å². The number of hydrogen-bond donors (Lipinski definition) is 1. The molecule has 0 amide bonds. The van der Waals surface area contributed by atoms with Gasteiger partial charge in [-0.3, -0.25) is 4.90 Å². The highest BCUT2D eigenvalue weighted by atomic mass is 16.5. The molecule has 0 atom stereocenters. The average molecular weight is 224 g/mol. The molecule has 90 valence electrons. The van der Waals surface area contributed by atoms with Gasteiger partial charge in [-0.1, -0.05) is 18.2 Å². The third kappa shape index (κ3) is 6.98. The van der Waals surface area contributed by atoms with E-state index < -0.39 is 0 Å². The van der Waals surface area contributed by atoms with Crippen LogP contribution in [0.1, 0.15) is 10.4 Å². The van der Waals surface area contributed by atoms with E-state index in [0.717, 1.165) is 0 Å². The molecule has 1 rings (SSSR count). The van der Waals surface area contributed by atoms with Crippen molar-refractivity contribution in [1.82, 2.24) is 10.2 Å². The minimum absolute atomic E-state index is 0.283. The Balaban J connectivity index is 0.000000673. The van der Waals surface area contributed by atoms with E-state index in [-0.39, 0.29) is 5.97 Å². The molecule has 1 N–H and O–H groups in total. The number of nitrogens with zero attached hydrogens (tertiary/aromatic N) is 1. The highest BCUT2D eigenvalue weighted by Crippen LogP contribution is 2.00. The molecule has 4 heteroatoms. The number of benzene rings is 1. The molecule has 0 aliphatic carbocycles. The molecule has 0 unspecified atom stereocenters. The fourth-order valence-electron chi connectivity index (χ4n) is 0.845. The van der Waals surface area contributed by atoms with Crippen LogP contribution in [0.25, 0.3) is 0 Å². The van der Waals surface area contributed by atoms with E-state index in [1.165, 1.54) is 0 Å². The van der Waals surface area contributed by atoms with E-state index in [0.29, 0.717) is 12.3 Å². The Labute approximate surface area is 97.2 Å². The Morgan fingerprint density at radius 1 is 1.25 bits per heavy atom. The lowest BCUT2D eigenvalue weighted by Gasteiger charge is -2.09. The van der Waals surface area contributed by atoms with Gasteiger partial charge in [0.2, 0.25) is 0 Å². The largest absolute Gasteiger partial charge is 0.446 e. The fraction of sp³-hybridized carbons (Fsp3) is 0.417. The molecule has 0 aliphatic heterocycles. The van der Waals surface area contributed by atoms with Gasteiger partial charge in [-0.05, 0) is 40.3 Å². The van der Waals surface area contributed by atoms with Crippen LogP contribution in [0.2, 0.25) is 0 Å². The Hall–Kier alpha value is -1.39. The zero-order chi connectivity index (χ0) is 12.4. The lowest BCUT2D eigenvalue weighted by atomic mass is 10.2. The van der Waals surface area contributed by atoms with E-state index in [9.17, 15) is 4.79 Å². The van der Waals surface area contributed by atoms with Crippen LogP contribution in [0.3, 0.4) is 0 Å². The third-order valence-electron chi connectivity index (χ3n) is 1.46. The number of ether oxygens (including phenoxy) is 1. The van der Waals surface area contributed by atoms with Gasteiger partial charge >= 0.3 is 5.97 Å². The van der Waals surface area contributed by atoms with E-state index in [1.807, 2.05) is 46.4 Å². The molecule has 0 heterocycles. The van der Waals surface area contributed by atoms with Crippen molar-refractivity contribution in [2.75, 3.05) is 34.9 Å². The lowest BCUT2D eigenvalue weighted by Crippen LogP contribution is -2.19. The molecular weight excluding hydrogens is 204 g/mol. The topological polar surface area (TPSA) is 41.6 Å². The predicted octanol–water partition coefficient (Wildman–Crippen LogP) is 1.20. The molecule has 0 radical (unpaired) electrons. The van der Waals surface area contributed by atoms with Crippen molar-refractivity contribution in [1.29, 1.82) is 0 Å². The van der Waals surface area contributed by atoms with Crippen molar-refractivity contribution in [2.45, 2.75) is 0 Å². The summed E-state index contributed by atoms with van der Waals surface area (Å²) in [6, 6.07) is 8.96. The number of nitrogens with one attached hydrogen (secondary N) is 1. The first kappa shape index (κ1) is 14.6. The molecule has 4 nitrogen and oxygen atoms in total. The Morgan fingerprint density at radius 2 is 1.75 bits per heavy atom. The molecule has 0 aromatic heterocycles. The average Bonchev–Trinajstić information content (AvgIpc) is 2.28. The summed E-state index contributed by atoms with van der Waals surface area (Å²) in [5.41, 5.74) is 0.587. The van der Waals surface area contributed by atoms with E-state index in [1.54, 1.807) is 17.0 Å². The van der Waals surface area contributed by atoms with Crippen LogP contribution in [0.15, 0.2) is 30.3 Å². The standard InChI is InChI=1S/C10H13NO2.C2H7N/c1-11(2)8-13-10(12)9-6-4-3-5-7-9;1-3-2/h3-7H,8H2,1-2H3;3H,1-2H3. The third-order valence-corrected chi connectivity index (χ3v) is 1.46. The van der Waals surface area contributed by atoms with Gasteiger partial charge in [-0.2, -0.15) is 0 Å². The maximum Gasteiger partial charge on any atom is 0.339 e. The van der Waals surface area contributed by atoms with Gasteiger partial charge in [-0.25, -0.2) is 4.79 Å². The zero-order valence-corrected chi connectivity index (χ0v) is 10.4. The molecule has 1 aromatic rings. The second-order valence-corrected chi connectivity index (χ2v) is 3.51. The molecule has 0 bridgehead atoms. The molecule has 0 saturated heterocycles. The van der Waals surface area contributed by atoms with Gasteiger partial charge in [0, 0.05) is 0 Å². The van der Waals surface area contributed by atoms with E-state index in [2.05, 4.69) is 5.32 Å². The summed E-state index contributed by atoms with van der Waals surface area (Å²) >= 11 is 0. The number of esters is 1. The summed E-state index contributed by atoms with van der Waals surface area (Å²) in [5.74, 6) is -0.283. The van der Waals surface area contributed by atoms with Crippen LogP contribution in [-0.4, -0.2) is 45.8 Å². The summed E-state index contributed by atoms with van der Waals surface area (Å²) < 4.78 is 4.98. The predicted molar refractivity (Wildman–Crippen MR) is 65.4 cm³/mol. The summed E-state index contributed by atoms with van der Waals surface area (Å²) in [7, 11) is 7.44. The van der Waals surface area contributed by atoms with Crippen molar-refractivity contribution < 1.29 is 9.53 Å². The number of carbonyl (C=O) groups is 1. The van der Waals surface area contributed by atoms with Gasteiger partial charge in [0.05, 0.1) is 5.56 Å². The highest BCUT2D eigenvalue weighted by molar-refractivity contribution is 5.89. The molecule has 0 spiro atoms. The highest BCUT2D eigenvalue weighted by Gasteiger charge is 2.05. The normalized spacial score (nSPS) is 9.31. The van der Waals surface area contributed by atoms with E-state index >= 15 is 0 Å². The van der Waals surface area contributed by atoms with Crippen LogP contribution < -0.4 is 5.32 Å². The summed E-state index contributed by atoms with van der Waals surface area (Å²) in [6.45, 7) is 0.313. The van der Waals surface area contributed by atoms with Gasteiger partial charge in [0.1, 0.15) is 6.73 Å². The summed E-state index contributed by atoms with van der Waals surface area (Å²) in [6.07, 6.45) is 0. The Bertz CT molecular complexity index is 286. The van der Waals surface area contributed by atoms with Crippen LogP contribution in [0.4, 0.5) is 0 Å². The number of rotatable bonds is 3. The van der Waals surface area contributed by atoms with E-state index in [4.69, 9.17) is 4.74 Å². The Kier molecular flexibility index (Phi) is 8.11. The van der Waals surface area contributed by atoms with Gasteiger partial charge in [-0.15, -0.1) is 0 Å². The first-order valence-electron chi connectivity index (χ1n) is 5.07. The maximum absolute atomic E-state index is 11.3. The first-order chi connectivity index (χ1) is 7.61. The number of carbonyl (C=O) groups excluding carboxylic acids is 1. The first-order valence-corrected chi connectivity index (χ1v) is 5.07. The number of hydrogen-bond acceptors (Lipinski definition) is 4. The Morgan fingerprint density at radius 3 is 2.19 bits per heavy atom. The van der Waals surface area contributed by atoms with Gasteiger partial charge in [0.25, 0.3) is 0 Å². The summed E-state index contributed by atoms with van der Waals surface area (Å²) in [4.78, 5) is 13.1. The van der Waals surface area contributed by atoms with Crippen LogP contribution in [-0.2, 0) is 4.74 Å². The van der Waals surface area contributed by atoms with Crippen molar-refractivity contribution in [3.05, 3.63) is 35.9 Å². The summed E-state index contributed by atoms with van der Waals surface area (Å²) in [5, 5.41) is 2.75. The fourth-order valence-corrected chi connectivity index (χ4v) is 0.845. The smallest absolute Gasteiger partial charge is 0.339 e. The monoisotopic (exact) mass is 224 g/mol. The van der Waals surface area contributed by atoms with Crippen LogP contribution >= 0.6 is 0 Å². The van der Waals surface area contributed by atoms with Crippen molar-refractivity contribution >= 4 is 5.97 Å². The van der Waals surface area contributed by atoms with Crippen molar-refractivity contribution in [3.63, 3.8) is 0 Å². The van der Waals surface area contributed by atoms with Crippen LogP contribution in [0, 0.1) is 0 Å². The second-order valence-electron chi connectivity index (χ2n) is 3.51. The van der Waals surface area contributed by atoms with Gasteiger partial charge in [0.15, 0.2) is 0 Å². The molecule has 0 fully saturated rings. The molecule has 0 saturated carbocycles. The maximum atomic E-state index is 11.3. The molecule has 0 aliphatic rings. The molecule has 16 heavy (non-hydrogen) atoms. The minimum Gasteiger partial charge on any atom is -0.446 e. The molecular formula is C12H20N2O2. The van der Waals surface area contributed by atoms with Crippen molar-refractivity contribution in [2.24, 2.45) is 0 Å².